The average Bonchev–Trinajstić information content (AvgIpc) is 2.92. The number of hydrogen-bond acceptors (Lipinski definition) is 3. The van der Waals surface area contributed by atoms with Crippen LogP contribution < -0.4 is 5.32 Å². The van der Waals surface area contributed by atoms with Gasteiger partial charge < -0.3 is 15.1 Å². The van der Waals surface area contributed by atoms with Crippen molar-refractivity contribution in [2.75, 3.05) is 32.7 Å². The number of nitrogens with one attached hydrogen (secondary N) is 1. The van der Waals surface area contributed by atoms with Crippen LogP contribution in [-0.2, 0) is 20.8 Å². The third kappa shape index (κ3) is 5.93. The van der Waals surface area contributed by atoms with Gasteiger partial charge in [-0.15, -0.1) is 0 Å². The van der Waals surface area contributed by atoms with E-state index in [1.165, 1.54) is 13.0 Å². The molecule has 0 unspecified atom stereocenters. The molecule has 1 fully saturated rings. The fourth-order valence-corrected chi connectivity index (χ4v) is 4.07. The van der Waals surface area contributed by atoms with E-state index >= 15 is 0 Å². The maximum absolute atomic E-state index is 14.3. The molecule has 2 aromatic carbocycles. The van der Waals surface area contributed by atoms with Crippen LogP contribution in [-0.4, -0.2) is 60.2 Å². The molecule has 1 heterocycles. The molecule has 2 aromatic rings. The molecule has 3 amide bonds. The number of hydrogen-bond donors (Lipinski definition) is 1. The van der Waals surface area contributed by atoms with E-state index < -0.39 is 5.92 Å². The first-order valence-corrected chi connectivity index (χ1v) is 11.0. The van der Waals surface area contributed by atoms with Gasteiger partial charge in [0.25, 0.3) is 0 Å². The van der Waals surface area contributed by atoms with E-state index in [9.17, 15) is 18.8 Å². The van der Waals surface area contributed by atoms with Gasteiger partial charge in [-0.25, -0.2) is 4.39 Å². The molecular weight excluding hydrogens is 409 g/mol. The van der Waals surface area contributed by atoms with Crippen LogP contribution in [0.15, 0.2) is 48.5 Å². The summed E-state index contributed by atoms with van der Waals surface area (Å²) >= 11 is 0. The van der Waals surface area contributed by atoms with Gasteiger partial charge in [0.1, 0.15) is 5.82 Å². The number of nitrogens with zero attached hydrogens (tertiary/aromatic N) is 2. The van der Waals surface area contributed by atoms with E-state index in [0.29, 0.717) is 38.2 Å². The molecule has 32 heavy (non-hydrogen) atoms. The maximum Gasteiger partial charge on any atom is 0.242 e. The number of rotatable bonds is 7. The zero-order chi connectivity index (χ0) is 23.1. The Hall–Kier alpha value is -3.22. The highest BCUT2D eigenvalue weighted by Gasteiger charge is 2.32. The van der Waals surface area contributed by atoms with Crippen LogP contribution in [0.1, 0.15) is 25.8 Å². The zero-order valence-corrected chi connectivity index (χ0v) is 18.6. The third-order valence-corrected chi connectivity index (χ3v) is 5.67. The Morgan fingerprint density at radius 3 is 2.62 bits per heavy atom. The number of halogens is 1. The van der Waals surface area contributed by atoms with Gasteiger partial charge in [-0.05, 0) is 30.0 Å². The molecule has 6 nitrogen and oxygen atoms in total. The summed E-state index contributed by atoms with van der Waals surface area (Å²) in [4.78, 5) is 40.6. The van der Waals surface area contributed by atoms with Gasteiger partial charge in [-0.2, -0.15) is 0 Å². The lowest BCUT2D eigenvalue weighted by atomic mass is 9.94. The van der Waals surface area contributed by atoms with E-state index in [2.05, 4.69) is 5.32 Å². The van der Waals surface area contributed by atoms with E-state index in [1.54, 1.807) is 23.1 Å². The van der Waals surface area contributed by atoms with Crippen LogP contribution in [0.25, 0.3) is 11.1 Å². The minimum absolute atomic E-state index is 0.0259. The molecule has 1 N–H and O–H groups in total. The number of benzene rings is 2. The zero-order valence-electron chi connectivity index (χ0n) is 18.6. The topological polar surface area (TPSA) is 69.7 Å². The molecule has 3 rings (SSSR count). The summed E-state index contributed by atoms with van der Waals surface area (Å²) in [6, 6.07) is 14.2. The molecule has 0 spiro atoms. The third-order valence-electron chi connectivity index (χ3n) is 5.67. The lowest BCUT2D eigenvalue weighted by molar-refractivity contribution is -0.135. The smallest absolute Gasteiger partial charge is 0.242 e. The van der Waals surface area contributed by atoms with Crippen LogP contribution >= 0.6 is 0 Å². The van der Waals surface area contributed by atoms with Crippen molar-refractivity contribution >= 4 is 17.7 Å². The fourth-order valence-electron chi connectivity index (χ4n) is 4.07. The van der Waals surface area contributed by atoms with Gasteiger partial charge in [0, 0.05) is 38.7 Å². The van der Waals surface area contributed by atoms with Gasteiger partial charge in [-0.1, -0.05) is 49.4 Å². The van der Waals surface area contributed by atoms with Crippen molar-refractivity contribution in [1.82, 2.24) is 15.1 Å². The minimum atomic E-state index is -0.402. The normalized spacial score (nSPS) is 16.6. The highest BCUT2D eigenvalue weighted by molar-refractivity contribution is 5.85. The summed E-state index contributed by atoms with van der Waals surface area (Å²) in [7, 11) is 0. The first-order valence-electron chi connectivity index (χ1n) is 11.0. The highest BCUT2D eigenvalue weighted by atomic mass is 19.1. The highest BCUT2D eigenvalue weighted by Crippen LogP contribution is 2.25. The van der Waals surface area contributed by atoms with Crippen LogP contribution in [0.3, 0.4) is 0 Å². The van der Waals surface area contributed by atoms with E-state index in [-0.39, 0.29) is 30.1 Å². The first kappa shape index (κ1) is 23.4. The molecular formula is C25H30FN3O3. The molecule has 7 heteroatoms. The van der Waals surface area contributed by atoms with Crippen molar-refractivity contribution in [2.24, 2.45) is 5.92 Å². The van der Waals surface area contributed by atoms with Gasteiger partial charge in [0.15, 0.2) is 0 Å². The Morgan fingerprint density at radius 2 is 1.91 bits per heavy atom. The lowest BCUT2D eigenvalue weighted by Crippen LogP contribution is -2.42. The molecule has 0 saturated carbocycles. The SMILES string of the molecule is CCCN1CCN(C(=O)CNC(C)=O)C[C@H](Cc2cccc(-c3ccccc3F)c2)C1=O. The Bertz CT molecular complexity index is 978. The van der Waals surface area contributed by atoms with E-state index in [4.69, 9.17) is 0 Å². The van der Waals surface area contributed by atoms with Crippen molar-refractivity contribution < 1.29 is 18.8 Å². The van der Waals surface area contributed by atoms with E-state index in [1.807, 2.05) is 36.1 Å². The van der Waals surface area contributed by atoms with Crippen molar-refractivity contribution in [1.29, 1.82) is 0 Å². The molecule has 1 aliphatic rings. The monoisotopic (exact) mass is 439 g/mol. The van der Waals surface area contributed by atoms with E-state index in [0.717, 1.165) is 17.5 Å². The van der Waals surface area contributed by atoms with Crippen molar-refractivity contribution in [3.05, 3.63) is 59.9 Å². The second-order valence-electron chi connectivity index (χ2n) is 8.16. The Labute approximate surface area is 188 Å². The summed E-state index contributed by atoms with van der Waals surface area (Å²) in [6.07, 6.45) is 1.28. The molecule has 0 aromatic heterocycles. The molecule has 0 radical (unpaired) electrons. The summed E-state index contributed by atoms with van der Waals surface area (Å²) < 4.78 is 14.3. The van der Waals surface area contributed by atoms with Crippen molar-refractivity contribution in [2.45, 2.75) is 26.7 Å². The maximum atomic E-state index is 14.3. The molecule has 0 aliphatic carbocycles. The quantitative estimate of drug-likeness (QED) is 0.721. The summed E-state index contributed by atoms with van der Waals surface area (Å²) in [6.45, 7) is 5.16. The lowest BCUT2D eigenvalue weighted by Gasteiger charge is -2.24. The minimum Gasteiger partial charge on any atom is -0.347 e. The van der Waals surface area contributed by atoms with Crippen molar-refractivity contribution in [3.63, 3.8) is 0 Å². The number of amides is 3. The Morgan fingerprint density at radius 1 is 1.12 bits per heavy atom. The van der Waals surface area contributed by atoms with Crippen LogP contribution in [0.4, 0.5) is 4.39 Å². The summed E-state index contributed by atoms with van der Waals surface area (Å²) in [5.74, 6) is -1.13. The summed E-state index contributed by atoms with van der Waals surface area (Å²) in [5.41, 5.74) is 2.18. The predicted molar refractivity (Wildman–Crippen MR) is 121 cm³/mol. The first-order chi connectivity index (χ1) is 15.4. The molecule has 170 valence electrons. The molecule has 1 saturated heterocycles. The molecule has 1 atom stereocenters. The fraction of sp³-hybridized carbons (Fsp3) is 0.400. The van der Waals surface area contributed by atoms with Gasteiger partial charge >= 0.3 is 0 Å². The second kappa shape index (κ2) is 10.9. The van der Waals surface area contributed by atoms with Gasteiger partial charge in [0.2, 0.25) is 17.7 Å². The summed E-state index contributed by atoms with van der Waals surface area (Å²) in [5, 5.41) is 2.54. The number of carbonyl (C=O) groups is 3. The van der Waals surface area contributed by atoms with Crippen LogP contribution in [0.5, 0.6) is 0 Å². The van der Waals surface area contributed by atoms with Crippen LogP contribution in [0.2, 0.25) is 0 Å². The molecule has 0 bridgehead atoms. The standard InChI is InChI=1S/C25H30FN3O3/c1-3-11-28-12-13-29(24(31)16-27-18(2)30)17-21(25(28)32)15-19-7-6-8-20(14-19)22-9-4-5-10-23(22)26/h4-10,14,21H,3,11-13,15-17H2,1-2H3,(H,27,30)/t21-/m0/s1. The van der Waals surface area contributed by atoms with Gasteiger partial charge in [0.05, 0.1) is 12.5 Å². The molecule has 1 aliphatic heterocycles. The Balaban J connectivity index is 1.82. The van der Waals surface area contributed by atoms with Crippen molar-refractivity contribution in [3.8, 4) is 11.1 Å². The van der Waals surface area contributed by atoms with Gasteiger partial charge in [-0.3, -0.25) is 14.4 Å². The predicted octanol–water partition coefficient (Wildman–Crippen LogP) is 2.87. The average molecular weight is 440 g/mol. The van der Waals surface area contributed by atoms with Crippen LogP contribution in [0, 0.1) is 11.7 Å². The Kier molecular flexibility index (Phi) is 7.98. The second-order valence-corrected chi connectivity index (χ2v) is 8.16. The number of carbonyl (C=O) groups excluding carboxylic acids is 3. The largest absolute Gasteiger partial charge is 0.347 e.